The molecular formula is C18H19N3O4S. The summed E-state index contributed by atoms with van der Waals surface area (Å²) in [6, 6.07) is 8.02. The zero-order valence-electron chi connectivity index (χ0n) is 14.6. The van der Waals surface area contributed by atoms with Crippen molar-refractivity contribution in [2.75, 3.05) is 19.5 Å². The summed E-state index contributed by atoms with van der Waals surface area (Å²) in [6.07, 6.45) is 0. The van der Waals surface area contributed by atoms with Gasteiger partial charge in [0.2, 0.25) is 5.91 Å². The van der Waals surface area contributed by atoms with Crippen LogP contribution in [0.25, 0.3) is 0 Å². The first kappa shape index (κ1) is 17.9. The summed E-state index contributed by atoms with van der Waals surface area (Å²) in [4.78, 5) is 29.6. The van der Waals surface area contributed by atoms with E-state index in [1.165, 1.54) is 18.4 Å². The lowest BCUT2D eigenvalue weighted by molar-refractivity contribution is -0.118. The number of anilines is 1. The number of carbonyl (C=O) groups is 2. The van der Waals surface area contributed by atoms with Crippen LogP contribution in [0.15, 0.2) is 40.7 Å². The van der Waals surface area contributed by atoms with Gasteiger partial charge in [-0.05, 0) is 30.5 Å². The molecule has 1 aromatic heterocycles. The highest BCUT2D eigenvalue weighted by Crippen LogP contribution is 2.33. The highest BCUT2D eigenvalue weighted by Gasteiger charge is 2.37. The van der Waals surface area contributed by atoms with Gasteiger partial charge in [-0.3, -0.25) is 4.79 Å². The molecule has 0 radical (unpaired) electrons. The van der Waals surface area contributed by atoms with Crippen molar-refractivity contribution in [1.82, 2.24) is 5.32 Å². The van der Waals surface area contributed by atoms with E-state index in [1.54, 1.807) is 32.2 Å². The average molecular weight is 373 g/mol. The molecule has 136 valence electrons. The first-order valence-corrected chi connectivity index (χ1v) is 8.83. The summed E-state index contributed by atoms with van der Waals surface area (Å²) in [5.41, 5.74) is 0.991. The Balaban J connectivity index is 1.90. The van der Waals surface area contributed by atoms with Crippen molar-refractivity contribution >= 4 is 34.7 Å². The molecule has 1 aliphatic rings. The maximum absolute atomic E-state index is 13.0. The van der Waals surface area contributed by atoms with Gasteiger partial charge in [0.25, 0.3) is 0 Å². The predicted octanol–water partition coefficient (Wildman–Crippen LogP) is 3.25. The number of nitrogens with one attached hydrogen (secondary N) is 2. The highest BCUT2D eigenvalue weighted by molar-refractivity contribution is 7.10. The Kier molecular flexibility index (Phi) is 5.22. The molecule has 2 atom stereocenters. The van der Waals surface area contributed by atoms with E-state index in [2.05, 4.69) is 15.6 Å². The Hall–Kier alpha value is -2.87. The normalized spacial score (nSPS) is 19.3. The van der Waals surface area contributed by atoms with Crippen molar-refractivity contribution in [3.05, 3.63) is 40.6 Å². The molecule has 3 rings (SSSR count). The topological polar surface area (TPSA) is 89.0 Å². The van der Waals surface area contributed by atoms with Crippen LogP contribution in [-0.2, 0) is 4.79 Å². The van der Waals surface area contributed by atoms with Crippen LogP contribution in [0.1, 0.15) is 17.8 Å². The summed E-state index contributed by atoms with van der Waals surface area (Å²) < 4.78 is 10.5. The number of carbonyl (C=O) groups excluding carboxylic acids is 2. The summed E-state index contributed by atoms with van der Waals surface area (Å²) in [5.74, 6) is 0.227. The van der Waals surface area contributed by atoms with Crippen molar-refractivity contribution in [2.45, 2.75) is 13.0 Å². The van der Waals surface area contributed by atoms with Crippen LogP contribution in [0.5, 0.6) is 11.5 Å². The Morgan fingerprint density at radius 2 is 2.08 bits per heavy atom. The molecular weight excluding hydrogens is 354 g/mol. The molecule has 2 aromatic rings. The average Bonchev–Trinajstić information content (AvgIpc) is 3.15. The van der Waals surface area contributed by atoms with Crippen LogP contribution in [0.3, 0.4) is 0 Å². The Labute approximate surface area is 155 Å². The van der Waals surface area contributed by atoms with E-state index in [0.717, 1.165) is 4.88 Å². The number of nitrogens with zero attached hydrogens (tertiary/aromatic N) is 1. The standard InChI is InChI=1S/C18H19N3O4S/c1-10-15(16(21-18(23)19-10)14-5-4-8-26-14)17(22)20-12-7-6-11(24-2)9-13(12)25-3/h4-9,15-16H,1-3H3,(H,20,22)(H,21,23). The van der Waals surface area contributed by atoms with E-state index in [1.807, 2.05) is 17.5 Å². The lowest BCUT2D eigenvalue weighted by Crippen LogP contribution is -2.45. The lowest BCUT2D eigenvalue weighted by atomic mass is 9.91. The number of benzene rings is 1. The molecule has 2 unspecified atom stereocenters. The van der Waals surface area contributed by atoms with Crippen LogP contribution in [0, 0.1) is 5.92 Å². The molecule has 8 heteroatoms. The van der Waals surface area contributed by atoms with Crippen LogP contribution < -0.4 is 20.1 Å². The smallest absolute Gasteiger partial charge is 0.341 e. The SMILES string of the molecule is COc1ccc(NC(=O)C2C(C)=NC(=O)NC2c2cccs2)c(OC)c1. The van der Waals surface area contributed by atoms with Crippen molar-refractivity contribution in [3.8, 4) is 11.5 Å². The van der Waals surface area contributed by atoms with Gasteiger partial charge in [-0.1, -0.05) is 6.07 Å². The van der Waals surface area contributed by atoms with Gasteiger partial charge in [0, 0.05) is 16.7 Å². The minimum atomic E-state index is -0.613. The van der Waals surface area contributed by atoms with E-state index in [4.69, 9.17) is 9.47 Å². The number of aliphatic imine (C=N–C) groups is 1. The number of hydrogen-bond donors (Lipinski definition) is 2. The molecule has 2 N–H and O–H groups in total. The molecule has 0 bridgehead atoms. The van der Waals surface area contributed by atoms with Gasteiger partial charge in [0.15, 0.2) is 0 Å². The van der Waals surface area contributed by atoms with Gasteiger partial charge in [0.1, 0.15) is 17.4 Å². The number of hydrogen-bond acceptors (Lipinski definition) is 5. The quantitative estimate of drug-likeness (QED) is 0.842. The van der Waals surface area contributed by atoms with Gasteiger partial charge < -0.3 is 20.1 Å². The summed E-state index contributed by atoms with van der Waals surface area (Å²) >= 11 is 1.48. The second-order valence-corrected chi connectivity index (χ2v) is 6.71. The van der Waals surface area contributed by atoms with Crippen molar-refractivity contribution in [3.63, 3.8) is 0 Å². The third-order valence-electron chi connectivity index (χ3n) is 4.14. The molecule has 0 spiro atoms. The number of urea groups is 1. The number of methoxy groups -OCH3 is 2. The number of ether oxygens (including phenoxy) is 2. The minimum absolute atomic E-state index is 0.270. The zero-order valence-corrected chi connectivity index (χ0v) is 15.4. The Morgan fingerprint density at radius 3 is 2.73 bits per heavy atom. The van der Waals surface area contributed by atoms with Crippen LogP contribution >= 0.6 is 11.3 Å². The third-order valence-corrected chi connectivity index (χ3v) is 5.09. The van der Waals surface area contributed by atoms with Gasteiger partial charge in [0.05, 0.1) is 25.9 Å². The molecule has 2 heterocycles. The second-order valence-electron chi connectivity index (χ2n) is 5.73. The van der Waals surface area contributed by atoms with Crippen molar-refractivity contribution in [1.29, 1.82) is 0 Å². The van der Waals surface area contributed by atoms with E-state index >= 15 is 0 Å². The molecule has 0 aliphatic carbocycles. The van der Waals surface area contributed by atoms with Gasteiger partial charge in [-0.15, -0.1) is 11.3 Å². The maximum atomic E-state index is 13.0. The molecule has 0 saturated heterocycles. The number of thiophene rings is 1. The predicted molar refractivity (Wildman–Crippen MR) is 100 cm³/mol. The van der Waals surface area contributed by atoms with Crippen LogP contribution in [0.2, 0.25) is 0 Å². The molecule has 7 nitrogen and oxygen atoms in total. The van der Waals surface area contributed by atoms with Crippen LogP contribution in [0.4, 0.5) is 10.5 Å². The van der Waals surface area contributed by atoms with E-state index in [9.17, 15) is 9.59 Å². The first-order valence-electron chi connectivity index (χ1n) is 7.95. The van der Waals surface area contributed by atoms with Crippen LogP contribution in [-0.4, -0.2) is 31.9 Å². The second kappa shape index (κ2) is 7.57. The maximum Gasteiger partial charge on any atom is 0.341 e. The fourth-order valence-corrected chi connectivity index (χ4v) is 3.69. The number of rotatable bonds is 5. The molecule has 0 saturated carbocycles. The van der Waals surface area contributed by atoms with Crippen molar-refractivity contribution < 1.29 is 19.1 Å². The molecule has 1 aliphatic heterocycles. The van der Waals surface area contributed by atoms with Gasteiger partial charge in [-0.25, -0.2) is 9.79 Å². The van der Waals surface area contributed by atoms with Gasteiger partial charge >= 0.3 is 6.03 Å². The highest BCUT2D eigenvalue weighted by atomic mass is 32.1. The zero-order chi connectivity index (χ0) is 18.7. The van der Waals surface area contributed by atoms with E-state index in [-0.39, 0.29) is 5.91 Å². The fourth-order valence-electron chi connectivity index (χ4n) is 2.88. The Bertz CT molecular complexity index is 848. The van der Waals surface area contributed by atoms with Crippen molar-refractivity contribution in [2.24, 2.45) is 10.9 Å². The summed E-state index contributed by atoms with van der Waals surface area (Å²) in [6.45, 7) is 1.69. The largest absolute Gasteiger partial charge is 0.497 e. The summed E-state index contributed by atoms with van der Waals surface area (Å²) in [5, 5.41) is 7.56. The fraction of sp³-hybridized carbons (Fsp3) is 0.278. The molecule has 3 amide bonds. The van der Waals surface area contributed by atoms with E-state index in [0.29, 0.717) is 22.9 Å². The summed E-state index contributed by atoms with van der Waals surface area (Å²) in [7, 11) is 3.08. The third kappa shape index (κ3) is 3.55. The lowest BCUT2D eigenvalue weighted by Gasteiger charge is -2.29. The Morgan fingerprint density at radius 1 is 1.27 bits per heavy atom. The molecule has 26 heavy (non-hydrogen) atoms. The number of amides is 3. The minimum Gasteiger partial charge on any atom is -0.497 e. The van der Waals surface area contributed by atoms with E-state index < -0.39 is 18.0 Å². The molecule has 0 fully saturated rings. The van der Waals surface area contributed by atoms with Gasteiger partial charge in [-0.2, -0.15) is 0 Å². The molecule has 1 aromatic carbocycles. The monoisotopic (exact) mass is 373 g/mol. The first-order chi connectivity index (χ1) is 12.5.